The van der Waals surface area contributed by atoms with Gasteiger partial charge in [-0.25, -0.2) is 13.1 Å². The second-order valence-electron chi connectivity index (χ2n) is 7.31. The minimum atomic E-state index is -3.92. The van der Waals surface area contributed by atoms with Crippen molar-refractivity contribution in [2.45, 2.75) is 43.2 Å². The van der Waals surface area contributed by atoms with Crippen LogP contribution in [0.1, 0.15) is 30.9 Å². The van der Waals surface area contributed by atoms with E-state index in [9.17, 15) is 18.0 Å². The average molecular weight is 426 g/mol. The lowest BCUT2D eigenvalue weighted by Crippen LogP contribution is -2.30. The summed E-state index contributed by atoms with van der Waals surface area (Å²) in [7, 11) is -3.92. The maximum absolute atomic E-state index is 12.9. The number of amides is 1. The molecule has 0 atom stereocenters. The van der Waals surface area contributed by atoms with Gasteiger partial charge < -0.3 is 5.32 Å². The molecule has 0 spiro atoms. The number of aryl methyl sites for hydroxylation is 1. The van der Waals surface area contributed by atoms with Crippen LogP contribution in [0.3, 0.4) is 0 Å². The van der Waals surface area contributed by atoms with Gasteiger partial charge >= 0.3 is 0 Å². The Hall–Kier alpha value is -3.26. The van der Waals surface area contributed by atoms with Gasteiger partial charge in [-0.3, -0.25) is 9.59 Å². The van der Waals surface area contributed by atoms with Crippen LogP contribution in [-0.2, 0) is 21.2 Å². The van der Waals surface area contributed by atoms with Gasteiger partial charge in [-0.1, -0.05) is 43.7 Å². The molecule has 0 aliphatic rings. The average Bonchev–Trinajstić information content (AvgIpc) is 2.71. The van der Waals surface area contributed by atoms with Crippen molar-refractivity contribution in [2.75, 3.05) is 5.32 Å². The Kier molecular flexibility index (Phi) is 6.17. The monoisotopic (exact) mass is 425 g/mol. The van der Waals surface area contributed by atoms with Crippen LogP contribution in [0.15, 0.2) is 75.4 Å². The lowest BCUT2D eigenvalue weighted by molar-refractivity contribution is -0.117. The van der Waals surface area contributed by atoms with Crippen molar-refractivity contribution < 1.29 is 13.2 Å². The largest absolute Gasteiger partial charge is 0.324 e. The van der Waals surface area contributed by atoms with E-state index in [1.165, 1.54) is 12.1 Å². The second kappa shape index (κ2) is 8.62. The molecule has 1 heterocycles. The van der Waals surface area contributed by atoms with Gasteiger partial charge in [-0.05, 0) is 48.7 Å². The fourth-order valence-corrected chi connectivity index (χ4v) is 4.00. The number of carbonyl (C=O) groups excluding carboxylic acids is 1. The first-order valence-electron chi connectivity index (χ1n) is 9.46. The second-order valence-corrected chi connectivity index (χ2v) is 9.21. The summed E-state index contributed by atoms with van der Waals surface area (Å²) in [4.78, 5) is 24.5. The summed E-state index contributed by atoms with van der Waals surface area (Å²) in [6.07, 6.45) is 0. The molecule has 0 aliphatic heterocycles. The third-order valence-corrected chi connectivity index (χ3v) is 6.26. The van der Waals surface area contributed by atoms with Crippen LogP contribution in [0.4, 0.5) is 5.69 Å². The number of carbonyl (C=O) groups is 1. The van der Waals surface area contributed by atoms with Gasteiger partial charge in [0, 0.05) is 11.8 Å². The number of hydrogen-bond donors (Lipinski definition) is 1. The van der Waals surface area contributed by atoms with Crippen molar-refractivity contribution in [3.63, 3.8) is 0 Å². The highest BCUT2D eigenvalue weighted by Gasteiger charge is 2.21. The molecular weight excluding hydrogens is 402 g/mol. The van der Waals surface area contributed by atoms with Gasteiger partial charge in [-0.15, -0.1) is 0 Å². The fraction of sp³-hybridized carbons (Fsp3) is 0.227. The Morgan fingerprint density at radius 3 is 2.23 bits per heavy atom. The van der Waals surface area contributed by atoms with E-state index in [1.54, 1.807) is 24.3 Å². The number of nitrogens with zero attached hydrogens (tertiary/aromatic N) is 2. The molecule has 0 saturated carbocycles. The SMILES string of the molecule is Cc1ccc(NC(=O)Cn2nc(S(=O)(=O)c3ccc(C(C)C)cc3)ccc2=O)cc1. The zero-order chi connectivity index (χ0) is 21.9. The molecule has 30 heavy (non-hydrogen) atoms. The lowest BCUT2D eigenvalue weighted by atomic mass is 10.0. The summed E-state index contributed by atoms with van der Waals surface area (Å²) in [5, 5.41) is 6.30. The number of nitrogens with one attached hydrogen (secondary N) is 1. The summed E-state index contributed by atoms with van der Waals surface area (Å²) < 4.78 is 26.7. The maximum atomic E-state index is 12.9. The minimum Gasteiger partial charge on any atom is -0.324 e. The van der Waals surface area contributed by atoms with E-state index in [2.05, 4.69) is 10.4 Å². The molecule has 0 unspecified atom stereocenters. The van der Waals surface area contributed by atoms with Gasteiger partial charge in [0.05, 0.1) is 4.90 Å². The van der Waals surface area contributed by atoms with Gasteiger partial charge in [0.15, 0.2) is 5.03 Å². The Morgan fingerprint density at radius 1 is 1.00 bits per heavy atom. The van der Waals surface area contributed by atoms with Gasteiger partial charge in [0.25, 0.3) is 5.56 Å². The molecule has 2 aromatic carbocycles. The highest BCUT2D eigenvalue weighted by Crippen LogP contribution is 2.21. The Balaban J connectivity index is 1.84. The number of benzene rings is 2. The van der Waals surface area contributed by atoms with Gasteiger partial charge in [-0.2, -0.15) is 5.10 Å². The van der Waals surface area contributed by atoms with E-state index in [1.807, 2.05) is 32.9 Å². The molecule has 1 N–H and O–H groups in total. The third-order valence-electron chi connectivity index (χ3n) is 4.60. The quantitative estimate of drug-likeness (QED) is 0.654. The van der Waals surface area contributed by atoms with Crippen LogP contribution in [0.25, 0.3) is 0 Å². The van der Waals surface area contributed by atoms with Gasteiger partial charge in [0.2, 0.25) is 15.7 Å². The molecule has 0 fully saturated rings. The molecule has 7 nitrogen and oxygen atoms in total. The van der Waals surface area contributed by atoms with Gasteiger partial charge in [0.1, 0.15) is 6.54 Å². The lowest BCUT2D eigenvalue weighted by Gasteiger charge is -2.10. The predicted octanol–water partition coefficient (Wildman–Crippen LogP) is 3.15. The van der Waals surface area contributed by atoms with Crippen LogP contribution in [0.2, 0.25) is 0 Å². The molecule has 156 valence electrons. The highest BCUT2D eigenvalue weighted by molar-refractivity contribution is 7.91. The molecule has 0 saturated heterocycles. The minimum absolute atomic E-state index is 0.0775. The van der Waals surface area contributed by atoms with Crippen LogP contribution < -0.4 is 10.9 Å². The van der Waals surface area contributed by atoms with E-state index in [-0.39, 0.29) is 15.8 Å². The third kappa shape index (κ3) is 4.83. The summed E-state index contributed by atoms with van der Waals surface area (Å²) in [6.45, 7) is 5.56. The fourth-order valence-electron chi connectivity index (χ4n) is 2.81. The summed E-state index contributed by atoms with van der Waals surface area (Å²) in [5.41, 5.74) is 2.07. The number of rotatable bonds is 6. The van der Waals surface area contributed by atoms with Crippen LogP contribution in [0, 0.1) is 6.92 Å². The van der Waals surface area contributed by atoms with E-state index in [0.29, 0.717) is 5.69 Å². The van der Waals surface area contributed by atoms with Crippen molar-refractivity contribution in [3.05, 3.63) is 82.1 Å². The number of sulfone groups is 1. The van der Waals surface area contributed by atoms with Crippen molar-refractivity contribution in [1.82, 2.24) is 9.78 Å². The topological polar surface area (TPSA) is 98.1 Å². The Bertz CT molecular complexity index is 1210. The molecule has 0 bridgehead atoms. The van der Waals surface area contributed by atoms with Crippen LogP contribution in [-0.4, -0.2) is 24.1 Å². The first-order valence-corrected chi connectivity index (χ1v) is 10.9. The molecule has 3 rings (SSSR count). The molecule has 1 aromatic heterocycles. The molecule has 0 aliphatic carbocycles. The summed E-state index contributed by atoms with van der Waals surface area (Å²) in [6, 6.07) is 16.0. The highest BCUT2D eigenvalue weighted by atomic mass is 32.2. The van der Waals surface area contributed by atoms with Crippen LogP contribution in [0.5, 0.6) is 0 Å². The van der Waals surface area contributed by atoms with Crippen molar-refractivity contribution in [2.24, 2.45) is 0 Å². The van der Waals surface area contributed by atoms with E-state index in [0.717, 1.165) is 27.9 Å². The molecule has 8 heteroatoms. The maximum Gasteiger partial charge on any atom is 0.267 e. The smallest absolute Gasteiger partial charge is 0.267 e. The normalized spacial score (nSPS) is 11.5. The molecular formula is C22H23N3O4S. The first kappa shape index (κ1) is 21.4. The Labute approximate surface area is 175 Å². The van der Waals surface area contributed by atoms with Crippen molar-refractivity contribution in [3.8, 4) is 0 Å². The van der Waals surface area contributed by atoms with E-state index >= 15 is 0 Å². The zero-order valence-corrected chi connectivity index (χ0v) is 17.8. The van der Waals surface area contributed by atoms with Crippen molar-refractivity contribution >= 4 is 21.4 Å². The molecule has 0 radical (unpaired) electrons. The summed E-state index contributed by atoms with van der Waals surface area (Å²) >= 11 is 0. The first-order chi connectivity index (χ1) is 14.2. The summed E-state index contributed by atoms with van der Waals surface area (Å²) in [5.74, 6) is -0.210. The molecule has 1 amide bonds. The van der Waals surface area contributed by atoms with E-state index < -0.39 is 27.8 Å². The standard InChI is InChI=1S/C22H23N3O4S/c1-15(2)17-6-10-19(11-7-17)30(28,29)21-12-13-22(27)25(24-21)14-20(26)23-18-8-4-16(3)5-9-18/h4-13,15H,14H2,1-3H3,(H,23,26). The number of hydrogen-bond acceptors (Lipinski definition) is 5. The number of aromatic nitrogens is 2. The number of anilines is 1. The molecule has 3 aromatic rings. The van der Waals surface area contributed by atoms with E-state index in [4.69, 9.17) is 0 Å². The Morgan fingerprint density at radius 2 is 1.63 bits per heavy atom. The van der Waals surface area contributed by atoms with Crippen molar-refractivity contribution in [1.29, 1.82) is 0 Å². The zero-order valence-electron chi connectivity index (χ0n) is 17.0. The predicted molar refractivity (Wildman–Crippen MR) is 114 cm³/mol. The van der Waals surface area contributed by atoms with Crippen LogP contribution >= 0.6 is 0 Å².